The summed E-state index contributed by atoms with van der Waals surface area (Å²) in [5, 5.41) is 6.64. The van der Waals surface area contributed by atoms with E-state index in [2.05, 4.69) is 29.1 Å². The average molecular weight is 459 g/mol. The van der Waals surface area contributed by atoms with Crippen molar-refractivity contribution in [1.82, 2.24) is 10.2 Å². The third kappa shape index (κ3) is 3.69. The molecule has 2 heterocycles. The van der Waals surface area contributed by atoms with Crippen molar-refractivity contribution in [3.8, 4) is 0 Å². The number of anilines is 1. The number of allylic oxidation sites excluding steroid dienone is 2. The maximum absolute atomic E-state index is 14.1. The van der Waals surface area contributed by atoms with E-state index in [9.17, 15) is 9.59 Å². The van der Waals surface area contributed by atoms with E-state index in [1.165, 1.54) is 0 Å². The maximum atomic E-state index is 14.1. The minimum atomic E-state index is -0.682. The minimum Gasteiger partial charge on any atom is -0.364 e. The zero-order valence-corrected chi connectivity index (χ0v) is 20.5. The van der Waals surface area contributed by atoms with Gasteiger partial charge in [0.05, 0.1) is 5.41 Å². The lowest BCUT2D eigenvalue weighted by atomic mass is 9.74. The molecule has 0 bridgehead atoms. The molecule has 2 aliphatic heterocycles. The highest BCUT2D eigenvalue weighted by Gasteiger charge is 2.50. The first-order chi connectivity index (χ1) is 16.3. The molecule has 2 amide bonds. The summed E-state index contributed by atoms with van der Waals surface area (Å²) in [6.07, 6.45) is 7.12. The summed E-state index contributed by atoms with van der Waals surface area (Å²) < 4.78 is 0. The van der Waals surface area contributed by atoms with Crippen LogP contribution in [0.15, 0.2) is 64.0 Å². The molecule has 6 nitrogen and oxygen atoms in total. The molecule has 0 aromatic heterocycles. The molecule has 2 N–H and O–H groups in total. The lowest BCUT2D eigenvalue weighted by molar-refractivity contribution is -0.132. The molecule has 1 unspecified atom stereocenters. The Labute approximate surface area is 201 Å². The Morgan fingerprint density at radius 2 is 2.00 bits per heavy atom. The summed E-state index contributed by atoms with van der Waals surface area (Å²) >= 11 is 0. The number of hydrogen-bond donors (Lipinski definition) is 2. The second-order valence-corrected chi connectivity index (χ2v) is 10.5. The van der Waals surface area contributed by atoms with Gasteiger partial charge < -0.3 is 15.5 Å². The summed E-state index contributed by atoms with van der Waals surface area (Å²) in [5.41, 5.74) is 4.77. The number of rotatable bonds is 4. The van der Waals surface area contributed by atoms with Crippen LogP contribution in [0.25, 0.3) is 0 Å². The number of aliphatic imine (C=N–C) groups is 1. The SMILES string of the molecule is C=C1CCC(C)=C(C(=O)N2CCCC3(C2)C(=O)Nc2ccccc23)/C1=C(/N=C\C)NC1(C)CC1. The summed E-state index contributed by atoms with van der Waals surface area (Å²) in [7, 11) is 0. The molecule has 0 radical (unpaired) electrons. The molecule has 2 fully saturated rings. The van der Waals surface area contributed by atoms with Crippen LogP contribution < -0.4 is 10.6 Å². The highest BCUT2D eigenvalue weighted by molar-refractivity contribution is 6.07. The molecule has 1 spiro atoms. The Hall–Kier alpha value is -3.15. The molecule has 1 saturated carbocycles. The number of nitrogens with one attached hydrogen (secondary N) is 2. The normalized spacial score (nSPS) is 27.2. The molecular weight excluding hydrogens is 424 g/mol. The Balaban J connectivity index is 1.53. The van der Waals surface area contributed by atoms with Crippen molar-refractivity contribution in [3.05, 3.63) is 64.5 Å². The predicted octanol–water partition coefficient (Wildman–Crippen LogP) is 4.61. The van der Waals surface area contributed by atoms with E-state index in [1.807, 2.05) is 43.0 Å². The first-order valence-electron chi connectivity index (χ1n) is 12.4. The van der Waals surface area contributed by atoms with E-state index < -0.39 is 5.41 Å². The summed E-state index contributed by atoms with van der Waals surface area (Å²) in [6.45, 7) is 11.5. The van der Waals surface area contributed by atoms with Gasteiger partial charge in [0.15, 0.2) is 0 Å². The summed E-state index contributed by atoms with van der Waals surface area (Å²) in [5.74, 6) is 0.724. The van der Waals surface area contributed by atoms with Crippen molar-refractivity contribution >= 4 is 23.7 Å². The van der Waals surface area contributed by atoms with Gasteiger partial charge in [-0.2, -0.15) is 0 Å². The van der Waals surface area contributed by atoms with Crippen molar-refractivity contribution in [2.45, 2.75) is 70.3 Å². The van der Waals surface area contributed by atoms with Gasteiger partial charge in [0.25, 0.3) is 5.91 Å². The fourth-order valence-electron chi connectivity index (χ4n) is 5.61. The second-order valence-electron chi connectivity index (χ2n) is 10.5. The Morgan fingerprint density at radius 3 is 2.74 bits per heavy atom. The zero-order chi connectivity index (χ0) is 24.1. The van der Waals surface area contributed by atoms with Gasteiger partial charge in [-0.3, -0.25) is 9.59 Å². The predicted molar refractivity (Wildman–Crippen MR) is 136 cm³/mol. The van der Waals surface area contributed by atoms with Crippen LogP contribution in [0, 0.1) is 0 Å². The van der Waals surface area contributed by atoms with Crippen LogP contribution in [0.4, 0.5) is 5.69 Å². The molecule has 1 saturated heterocycles. The number of amides is 2. The number of para-hydroxylation sites is 1. The van der Waals surface area contributed by atoms with Crippen molar-refractivity contribution < 1.29 is 9.59 Å². The van der Waals surface area contributed by atoms with E-state index >= 15 is 0 Å². The molecule has 4 aliphatic rings. The fourth-order valence-corrected chi connectivity index (χ4v) is 5.61. The largest absolute Gasteiger partial charge is 0.364 e. The molecule has 34 heavy (non-hydrogen) atoms. The van der Waals surface area contributed by atoms with Crippen LogP contribution in [0.2, 0.25) is 0 Å². The first-order valence-corrected chi connectivity index (χ1v) is 12.4. The molecule has 178 valence electrons. The summed E-state index contributed by atoms with van der Waals surface area (Å²) in [4.78, 5) is 33.9. The summed E-state index contributed by atoms with van der Waals surface area (Å²) in [6, 6.07) is 7.87. The van der Waals surface area contributed by atoms with Crippen molar-refractivity contribution in [2.75, 3.05) is 18.4 Å². The van der Waals surface area contributed by atoms with Crippen LogP contribution in [0.5, 0.6) is 0 Å². The van der Waals surface area contributed by atoms with E-state index in [-0.39, 0.29) is 17.4 Å². The number of nitrogens with zero attached hydrogens (tertiary/aromatic N) is 2. The first kappa shape index (κ1) is 22.6. The number of carbonyl (C=O) groups is 2. The standard InChI is InChI=1S/C28H34N4O2/c1-5-29-24(31-27(4)14-15-27)22-18(2)11-12-19(3)23(22)25(33)32-16-8-13-28(17-32)20-9-6-7-10-21(20)30-26(28)34/h5-7,9-10,31H,2,8,11-17H2,1,3-4H3,(H,30,34)/b24-22-,29-5-. The van der Waals surface area contributed by atoms with Gasteiger partial charge in [0.1, 0.15) is 5.82 Å². The van der Waals surface area contributed by atoms with Crippen molar-refractivity contribution in [3.63, 3.8) is 0 Å². The topological polar surface area (TPSA) is 73.8 Å². The van der Waals surface area contributed by atoms with Gasteiger partial charge >= 0.3 is 0 Å². The number of benzene rings is 1. The number of likely N-dealkylation sites (tertiary alicyclic amines) is 1. The molecule has 6 heteroatoms. The molecule has 2 aliphatic carbocycles. The van der Waals surface area contributed by atoms with Crippen LogP contribution in [-0.4, -0.2) is 41.6 Å². The number of piperidine rings is 1. The highest BCUT2D eigenvalue weighted by atomic mass is 16.2. The Morgan fingerprint density at radius 1 is 1.24 bits per heavy atom. The van der Waals surface area contributed by atoms with Crippen molar-refractivity contribution in [2.24, 2.45) is 4.99 Å². The van der Waals surface area contributed by atoms with Crippen LogP contribution in [-0.2, 0) is 15.0 Å². The number of carbonyl (C=O) groups excluding carboxylic acids is 2. The van der Waals surface area contributed by atoms with Gasteiger partial charge in [-0.05, 0) is 76.5 Å². The average Bonchev–Trinajstić information content (AvgIpc) is 3.50. The van der Waals surface area contributed by atoms with Gasteiger partial charge in [0, 0.05) is 41.7 Å². The van der Waals surface area contributed by atoms with E-state index in [0.717, 1.165) is 72.3 Å². The second kappa shape index (κ2) is 8.26. The number of fused-ring (bicyclic) bond motifs is 2. The van der Waals surface area contributed by atoms with Crippen LogP contribution >= 0.6 is 0 Å². The zero-order valence-electron chi connectivity index (χ0n) is 20.5. The lowest BCUT2D eigenvalue weighted by Gasteiger charge is -2.40. The fraction of sp³-hybridized carbons (Fsp3) is 0.464. The van der Waals surface area contributed by atoms with Gasteiger partial charge in [0.2, 0.25) is 5.91 Å². The monoisotopic (exact) mass is 458 g/mol. The molecule has 1 aromatic rings. The smallest absolute Gasteiger partial charge is 0.254 e. The molecule has 1 atom stereocenters. The van der Waals surface area contributed by atoms with Gasteiger partial charge in [-0.1, -0.05) is 30.4 Å². The van der Waals surface area contributed by atoms with Crippen LogP contribution in [0.1, 0.15) is 64.9 Å². The quantitative estimate of drug-likeness (QED) is 0.647. The van der Waals surface area contributed by atoms with E-state index in [1.54, 1.807) is 6.21 Å². The molecule has 5 rings (SSSR count). The van der Waals surface area contributed by atoms with E-state index in [0.29, 0.717) is 18.7 Å². The number of hydrogen-bond acceptors (Lipinski definition) is 4. The van der Waals surface area contributed by atoms with Crippen molar-refractivity contribution in [1.29, 1.82) is 0 Å². The lowest BCUT2D eigenvalue weighted by Crippen LogP contribution is -2.52. The minimum absolute atomic E-state index is 0.000294. The third-order valence-electron chi connectivity index (χ3n) is 7.87. The van der Waals surface area contributed by atoms with Crippen LogP contribution in [0.3, 0.4) is 0 Å². The van der Waals surface area contributed by atoms with E-state index in [4.69, 9.17) is 0 Å². The highest BCUT2D eigenvalue weighted by Crippen LogP contribution is 2.45. The third-order valence-corrected chi connectivity index (χ3v) is 7.87. The Kier molecular flexibility index (Phi) is 5.50. The maximum Gasteiger partial charge on any atom is 0.254 e. The molecule has 1 aromatic carbocycles. The van der Waals surface area contributed by atoms with Gasteiger partial charge in [-0.25, -0.2) is 4.99 Å². The van der Waals surface area contributed by atoms with Gasteiger partial charge in [-0.15, -0.1) is 0 Å². The molecular formula is C28H34N4O2. The Bertz CT molecular complexity index is 1170.